The molecule has 1 aromatic rings. The molecule has 38 heavy (non-hydrogen) atoms. The van der Waals surface area contributed by atoms with E-state index in [0.29, 0.717) is 17.9 Å². The summed E-state index contributed by atoms with van der Waals surface area (Å²) in [6.45, 7) is 3.71. The third-order valence-electron chi connectivity index (χ3n) is 6.76. The monoisotopic (exact) mass is 568 g/mol. The van der Waals surface area contributed by atoms with Crippen molar-refractivity contribution in [3.63, 3.8) is 0 Å². The number of aliphatic carboxylic acids is 1. The van der Waals surface area contributed by atoms with Gasteiger partial charge >= 0.3 is 11.9 Å². The van der Waals surface area contributed by atoms with E-state index in [2.05, 4.69) is 15.4 Å². The van der Waals surface area contributed by atoms with Gasteiger partial charge < -0.3 is 30.9 Å². The first-order chi connectivity index (χ1) is 17.7. The number of benzene rings is 1. The predicted molar refractivity (Wildman–Crippen MR) is 138 cm³/mol. The molecule has 4 rings (SSSR count). The summed E-state index contributed by atoms with van der Waals surface area (Å²) in [7, 11) is -3.69. The highest BCUT2D eigenvalue weighted by atomic mass is 32.2. The Labute approximate surface area is 222 Å². The summed E-state index contributed by atoms with van der Waals surface area (Å²) in [6, 6.07) is 2.53. The van der Waals surface area contributed by atoms with Crippen molar-refractivity contribution in [1.82, 2.24) is 10.2 Å². The van der Waals surface area contributed by atoms with Crippen molar-refractivity contribution < 1.29 is 42.9 Å². The second-order valence-electron chi connectivity index (χ2n) is 9.68. The molecule has 6 unspecified atom stereocenters. The first kappa shape index (κ1) is 27.9. The molecule has 0 aliphatic carbocycles. The number of nitrogens with one attached hydrogen (secondary N) is 3. The van der Waals surface area contributed by atoms with Crippen LogP contribution in [-0.4, -0.2) is 88.6 Å². The fraction of sp³-hybridized carbons (Fsp3) is 0.478. The van der Waals surface area contributed by atoms with Gasteiger partial charge in [-0.3, -0.25) is 14.3 Å². The normalized spacial score (nSPS) is 27.5. The lowest BCUT2D eigenvalue weighted by Gasteiger charge is -2.46. The smallest absolute Gasteiger partial charge is 0.353 e. The number of hydrogen-bond donors (Lipinski definition) is 6. The average Bonchev–Trinajstić information content (AvgIpc) is 3.34. The Bertz CT molecular complexity index is 1340. The summed E-state index contributed by atoms with van der Waals surface area (Å²) < 4.78 is 25.3. The number of aromatic carboxylic acids is 1. The molecule has 0 spiro atoms. The van der Waals surface area contributed by atoms with Gasteiger partial charge in [-0.25, -0.2) is 18.0 Å². The summed E-state index contributed by atoms with van der Waals surface area (Å²) in [6.07, 6.45) is 0.336. The number of thioether (sulfide) groups is 1. The molecule has 3 heterocycles. The first-order valence-electron chi connectivity index (χ1n) is 11.7. The number of carbonyl (C=O) groups is 4. The van der Waals surface area contributed by atoms with E-state index in [9.17, 15) is 42.9 Å². The lowest BCUT2D eigenvalue weighted by Crippen LogP contribution is -2.63. The highest BCUT2D eigenvalue weighted by molar-refractivity contribution is 8.03. The van der Waals surface area contributed by atoms with Gasteiger partial charge in [-0.05, 0) is 31.5 Å². The van der Waals surface area contributed by atoms with Crippen LogP contribution in [0.4, 0.5) is 11.4 Å². The molecule has 2 amide bonds. The van der Waals surface area contributed by atoms with E-state index in [4.69, 9.17) is 0 Å². The number of carboxylic acids is 2. The highest BCUT2D eigenvalue weighted by Gasteiger charge is 2.60. The van der Waals surface area contributed by atoms with Crippen molar-refractivity contribution in [3.8, 4) is 0 Å². The molecular formula is C23H28N4O9S2. The predicted octanol–water partition coefficient (Wildman–Crippen LogP) is 0.312. The van der Waals surface area contributed by atoms with Gasteiger partial charge in [0.05, 0.1) is 41.6 Å². The van der Waals surface area contributed by atoms with Crippen LogP contribution in [0.15, 0.2) is 28.8 Å². The average molecular weight is 569 g/mol. The van der Waals surface area contributed by atoms with Gasteiger partial charge in [-0.2, -0.15) is 0 Å². The molecule has 15 heteroatoms. The zero-order valence-corrected chi connectivity index (χ0v) is 22.3. The largest absolute Gasteiger partial charge is 0.478 e. The molecule has 0 saturated carbocycles. The maximum absolute atomic E-state index is 12.9. The van der Waals surface area contributed by atoms with Gasteiger partial charge in [-0.1, -0.05) is 6.92 Å². The number of anilines is 2. The molecule has 1 aromatic carbocycles. The second-order valence-corrected chi connectivity index (χ2v) is 12.8. The van der Waals surface area contributed by atoms with Gasteiger partial charge in [-0.15, -0.1) is 11.8 Å². The standard InChI is InChI=1S/C23H28N4O9S2/c1-9-17-16(10(2)28)21(30)27(17)18(23(33)34)19(9)37-14-7-15(24-8-14)20(29)25-12-4-11(22(31)32)5-13(6-12)26-38(3,35)36/h4-6,9-10,14-17,24,26,28H,7-8H2,1-3H3,(H,25,29)(H,31,32)(H,33,34). The number of β-lactam (4-membered cyclic amide) rings is 1. The minimum atomic E-state index is -3.69. The molecule has 0 aromatic heterocycles. The van der Waals surface area contributed by atoms with Gasteiger partial charge in [0.2, 0.25) is 21.8 Å². The quantitative estimate of drug-likeness (QED) is 0.224. The molecule has 2 saturated heterocycles. The molecular weight excluding hydrogens is 540 g/mol. The molecule has 6 N–H and O–H groups in total. The number of carbonyl (C=O) groups excluding carboxylic acids is 2. The Morgan fingerprint density at radius 1 is 1.16 bits per heavy atom. The minimum Gasteiger partial charge on any atom is -0.478 e. The number of nitrogens with zero attached hydrogens (tertiary/aromatic N) is 1. The number of hydrogen-bond acceptors (Lipinski definition) is 9. The maximum atomic E-state index is 12.9. The van der Waals surface area contributed by atoms with Crippen LogP contribution < -0.4 is 15.4 Å². The van der Waals surface area contributed by atoms with Crippen LogP contribution in [0.2, 0.25) is 0 Å². The minimum absolute atomic E-state index is 0.0199. The van der Waals surface area contributed by atoms with Crippen LogP contribution in [0.3, 0.4) is 0 Å². The zero-order chi connectivity index (χ0) is 28.1. The maximum Gasteiger partial charge on any atom is 0.353 e. The molecule has 0 bridgehead atoms. The molecule has 6 atom stereocenters. The Kier molecular flexibility index (Phi) is 7.49. The van der Waals surface area contributed by atoms with Crippen molar-refractivity contribution in [3.05, 3.63) is 34.4 Å². The molecule has 3 aliphatic rings. The number of rotatable bonds is 9. The fourth-order valence-corrected chi connectivity index (χ4v) is 7.20. The van der Waals surface area contributed by atoms with E-state index in [1.165, 1.54) is 35.7 Å². The topological polar surface area (TPSA) is 202 Å². The van der Waals surface area contributed by atoms with Gasteiger partial charge in [0, 0.05) is 28.3 Å². The second kappa shape index (κ2) is 10.2. The lowest BCUT2D eigenvalue weighted by atomic mass is 9.79. The van der Waals surface area contributed by atoms with Gasteiger partial charge in [0.1, 0.15) is 5.70 Å². The van der Waals surface area contributed by atoms with Crippen molar-refractivity contribution >= 4 is 56.9 Å². The molecule has 3 aliphatic heterocycles. The third-order valence-corrected chi connectivity index (χ3v) is 8.88. The number of sulfonamides is 1. The number of amides is 2. The van der Waals surface area contributed by atoms with Crippen LogP contribution >= 0.6 is 11.8 Å². The highest BCUT2D eigenvalue weighted by Crippen LogP contribution is 2.51. The van der Waals surface area contributed by atoms with Crippen molar-refractivity contribution in [1.29, 1.82) is 0 Å². The van der Waals surface area contributed by atoms with Gasteiger partial charge in [0.15, 0.2) is 0 Å². The van der Waals surface area contributed by atoms with Crippen LogP contribution in [0.1, 0.15) is 30.6 Å². The Balaban J connectivity index is 1.46. The Hall–Kier alpha value is -3.14. The van der Waals surface area contributed by atoms with Crippen LogP contribution in [0.25, 0.3) is 0 Å². The van der Waals surface area contributed by atoms with Crippen molar-refractivity contribution in [2.75, 3.05) is 22.8 Å². The Morgan fingerprint density at radius 2 is 1.82 bits per heavy atom. The van der Waals surface area contributed by atoms with Crippen LogP contribution in [0, 0.1) is 11.8 Å². The van der Waals surface area contributed by atoms with E-state index in [-0.39, 0.29) is 33.8 Å². The van der Waals surface area contributed by atoms with Gasteiger partial charge in [0.25, 0.3) is 0 Å². The first-order valence-corrected chi connectivity index (χ1v) is 14.5. The number of carboxylic acid groups (broad SMARTS) is 2. The number of fused-ring (bicyclic) bond motifs is 1. The third kappa shape index (κ3) is 5.36. The van der Waals surface area contributed by atoms with E-state index >= 15 is 0 Å². The molecule has 2 fully saturated rings. The summed E-state index contributed by atoms with van der Waals surface area (Å²) >= 11 is 1.29. The van der Waals surface area contributed by atoms with E-state index in [1.807, 2.05) is 6.92 Å². The van der Waals surface area contributed by atoms with Crippen LogP contribution in [-0.2, 0) is 24.4 Å². The summed E-state index contributed by atoms with van der Waals surface area (Å²) in [5.74, 6) is -4.38. The van der Waals surface area contributed by atoms with Crippen molar-refractivity contribution in [2.45, 2.75) is 43.7 Å². The number of aliphatic hydroxyl groups is 1. The van der Waals surface area contributed by atoms with Crippen molar-refractivity contribution in [2.24, 2.45) is 11.8 Å². The van der Waals surface area contributed by atoms with E-state index in [1.54, 1.807) is 0 Å². The number of aliphatic hydroxyl groups excluding tert-OH is 1. The zero-order valence-electron chi connectivity index (χ0n) is 20.7. The van der Waals surface area contributed by atoms with E-state index in [0.717, 1.165) is 12.3 Å². The molecule has 0 radical (unpaired) electrons. The fourth-order valence-electron chi connectivity index (χ4n) is 5.18. The molecule has 206 valence electrons. The summed E-state index contributed by atoms with van der Waals surface area (Å²) in [5.41, 5.74) is -0.238. The SMILES string of the molecule is CC(O)C1C(=O)N2C(C(=O)O)=C(SC3CNC(C(=O)Nc4cc(NS(C)(=O)=O)cc(C(=O)O)c4)C3)C(C)C12. The van der Waals surface area contributed by atoms with Crippen LogP contribution in [0.5, 0.6) is 0 Å². The van der Waals surface area contributed by atoms with E-state index < -0.39 is 57.9 Å². The Morgan fingerprint density at radius 3 is 2.39 bits per heavy atom. The summed E-state index contributed by atoms with van der Waals surface area (Å²) in [4.78, 5) is 50.7. The lowest BCUT2D eigenvalue weighted by molar-refractivity contribution is -0.163. The summed E-state index contributed by atoms with van der Waals surface area (Å²) in [5, 5.41) is 34.6. The molecule has 13 nitrogen and oxygen atoms in total.